The van der Waals surface area contributed by atoms with Gasteiger partial charge in [0.25, 0.3) is 0 Å². The fraction of sp³-hybridized carbons (Fsp3) is 0.450. The molecule has 1 N–H and O–H groups in total. The molecule has 0 unspecified atom stereocenters. The standard InChI is InChI=1S/C20H23FN4OS2/c1-13-5-2-3-9-25(13)10-8-22-16(26)11-27-20-19-18(23-12-24-20)17-14(21)6-4-7-15(17)28-19/h4,6-7,12-13H,2-3,5,8-11H2,1H3,(H,22,26)/t13-/m0/s1. The molecule has 0 bridgehead atoms. The lowest BCUT2D eigenvalue weighted by Crippen LogP contribution is -2.42. The van der Waals surface area contributed by atoms with Crippen molar-refractivity contribution in [3.8, 4) is 0 Å². The summed E-state index contributed by atoms with van der Waals surface area (Å²) in [5, 5.41) is 4.26. The Labute approximate surface area is 171 Å². The molecule has 28 heavy (non-hydrogen) atoms. The minimum atomic E-state index is -0.275. The predicted molar refractivity (Wildman–Crippen MR) is 113 cm³/mol. The predicted octanol–water partition coefficient (Wildman–Crippen LogP) is 4.07. The van der Waals surface area contributed by atoms with Crippen molar-refractivity contribution >= 4 is 49.3 Å². The second-order valence-electron chi connectivity index (χ2n) is 7.09. The lowest BCUT2D eigenvalue weighted by molar-refractivity contribution is -0.118. The molecular weight excluding hydrogens is 395 g/mol. The number of carbonyl (C=O) groups excluding carboxylic acids is 1. The first-order valence-electron chi connectivity index (χ1n) is 9.59. The number of amides is 1. The number of halogens is 1. The number of thiophene rings is 1. The van der Waals surface area contributed by atoms with E-state index >= 15 is 0 Å². The van der Waals surface area contributed by atoms with Gasteiger partial charge in [0.15, 0.2) is 0 Å². The molecule has 5 nitrogen and oxygen atoms in total. The number of likely N-dealkylation sites (tertiary alicyclic amines) is 1. The summed E-state index contributed by atoms with van der Waals surface area (Å²) < 4.78 is 15.9. The molecule has 1 aliphatic rings. The zero-order valence-electron chi connectivity index (χ0n) is 15.8. The highest BCUT2D eigenvalue weighted by Gasteiger charge is 2.18. The van der Waals surface area contributed by atoms with Gasteiger partial charge in [-0.1, -0.05) is 24.2 Å². The van der Waals surface area contributed by atoms with E-state index in [1.165, 1.54) is 54.8 Å². The molecule has 1 fully saturated rings. The van der Waals surface area contributed by atoms with Gasteiger partial charge in [-0.15, -0.1) is 11.3 Å². The van der Waals surface area contributed by atoms with Gasteiger partial charge in [0.05, 0.1) is 21.4 Å². The van der Waals surface area contributed by atoms with Gasteiger partial charge in [-0.2, -0.15) is 0 Å². The van der Waals surface area contributed by atoms with E-state index < -0.39 is 0 Å². The molecule has 1 aromatic carbocycles. The van der Waals surface area contributed by atoms with E-state index in [1.807, 2.05) is 6.07 Å². The SMILES string of the molecule is C[C@H]1CCCCN1CCNC(=O)CSc1ncnc2c1sc1cccc(F)c12. The van der Waals surface area contributed by atoms with Crippen LogP contribution in [-0.2, 0) is 4.79 Å². The van der Waals surface area contributed by atoms with E-state index in [1.54, 1.807) is 6.07 Å². The van der Waals surface area contributed by atoms with Gasteiger partial charge in [0.1, 0.15) is 17.2 Å². The lowest BCUT2D eigenvalue weighted by Gasteiger charge is -2.33. The van der Waals surface area contributed by atoms with E-state index in [-0.39, 0.29) is 11.7 Å². The topological polar surface area (TPSA) is 58.1 Å². The summed E-state index contributed by atoms with van der Waals surface area (Å²) in [5.74, 6) is 0.00933. The van der Waals surface area contributed by atoms with Crippen molar-refractivity contribution < 1.29 is 9.18 Å². The van der Waals surface area contributed by atoms with Crippen molar-refractivity contribution in [2.45, 2.75) is 37.3 Å². The fourth-order valence-corrected chi connectivity index (χ4v) is 5.75. The van der Waals surface area contributed by atoms with Gasteiger partial charge < -0.3 is 5.32 Å². The maximum atomic E-state index is 14.2. The van der Waals surface area contributed by atoms with Crippen LogP contribution in [0.25, 0.3) is 20.3 Å². The number of carbonyl (C=O) groups is 1. The molecule has 1 amide bonds. The van der Waals surface area contributed by atoms with E-state index in [2.05, 4.69) is 27.1 Å². The van der Waals surface area contributed by atoms with Crippen LogP contribution in [0, 0.1) is 5.82 Å². The quantitative estimate of drug-likeness (QED) is 0.483. The van der Waals surface area contributed by atoms with Crippen LogP contribution in [0.2, 0.25) is 0 Å². The van der Waals surface area contributed by atoms with E-state index in [4.69, 9.17) is 0 Å². The van der Waals surface area contributed by atoms with E-state index in [0.29, 0.717) is 29.2 Å². The number of hydrogen-bond donors (Lipinski definition) is 1. The average molecular weight is 419 g/mol. The number of nitrogens with zero attached hydrogens (tertiary/aromatic N) is 3. The molecule has 4 rings (SSSR count). The molecule has 1 atom stereocenters. The van der Waals surface area contributed by atoms with Gasteiger partial charge in [-0.05, 0) is 38.4 Å². The van der Waals surface area contributed by atoms with Gasteiger partial charge in [-0.3, -0.25) is 9.69 Å². The Morgan fingerprint density at radius 3 is 3.14 bits per heavy atom. The Hall–Kier alpha value is -1.77. The molecular formula is C20H23FN4OS2. The van der Waals surface area contributed by atoms with Crippen molar-refractivity contribution in [3.05, 3.63) is 30.3 Å². The summed E-state index contributed by atoms with van der Waals surface area (Å²) in [6.07, 6.45) is 5.23. The highest BCUT2D eigenvalue weighted by molar-refractivity contribution is 8.00. The number of rotatable bonds is 6. The third-order valence-electron chi connectivity index (χ3n) is 5.20. The zero-order chi connectivity index (χ0) is 19.5. The molecule has 1 aliphatic heterocycles. The smallest absolute Gasteiger partial charge is 0.230 e. The maximum absolute atomic E-state index is 14.2. The Balaban J connectivity index is 1.37. The van der Waals surface area contributed by atoms with Crippen LogP contribution in [0.15, 0.2) is 29.6 Å². The summed E-state index contributed by atoms with van der Waals surface area (Å²) in [6, 6.07) is 5.63. The second kappa shape index (κ2) is 8.71. The Kier molecular flexibility index (Phi) is 6.08. The first-order chi connectivity index (χ1) is 13.6. The Bertz CT molecular complexity index is 993. The number of aromatic nitrogens is 2. The molecule has 2 aromatic heterocycles. The largest absolute Gasteiger partial charge is 0.354 e. The van der Waals surface area contributed by atoms with Crippen LogP contribution >= 0.6 is 23.1 Å². The minimum absolute atomic E-state index is 0.00582. The second-order valence-corrected chi connectivity index (χ2v) is 9.11. The highest BCUT2D eigenvalue weighted by Crippen LogP contribution is 2.38. The molecule has 148 valence electrons. The first-order valence-corrected chi connectivity index (χ1v) is 11.4. The van der Waals surface area contributed by atoms with Gasteiger partial charge in [0, 0.05) is 23.8 Å². The van der Waals surface area contributed by atoms with Crippen molar-refractivity contribution in [2.24, 2.45) is 0 Å². The summed E-state index contributed by atoms with van der Waals surface area (Å²) >= 11 is 2.84. The van der Waals surface area contributed by atoms with E-state index in [9.17, 15) is 9.18 Å². The van der Waals surface area contributed by atoms with Crippen molar-refractivity contribution in [2.75, 3.05) is 25.4 Å². The van der Waals surface area contributed by atoms with Crippen LogP contribution < -0.4 is 5.32 Å². The molecule has 0 saturated carbocycles. The van der Waals surface area contributed by atoms with E-state index in [0.717, 1.165) is 27.5 Å². The number of thioether (sulfide) groups is 1. The minimum Gasteiger partial charge on any atom is -0.354 e. The monoisotopic (exact) mass is 418 g/mol. The molecule has 0 spiro atoms. The van der Waals surface area contributed by atoms with Crippen molar-refractivity contribution in [3.63, 3.8) is 0 Å². The third-order valence-corrected chi connectivity index (χ3v) is 7.47. The highest BCUT2D eigenvalue weighted by atomic mass is 32.2. The number of piperidine rings is 1. The molecule has 8 heteroatoms. The van der Waals surface area contributed by atoms with Crippen molar-refractivity contribution in [1.82, 2.24) is 20.2 Å². The van der Waals surface area contributed by atoms with Gasteiger partial charge >= 0.3 is 0 Å². The van der Waals surface area contributed by atoms with Crippen LogP contribution in [0.3, 0.4) is 0 Å². The Morgan fingerprint density at radius 2 is 2.29 bits per heavy atom. The van der Waals surface area contributed by atoms with Gasteiger partial charge in [-0.25, -0.2) is 14.4 Å². The Morgan fingerprint density at radius 1 is 1.39 bits per heavy atom. The lowest BCUT2D eigenvalue weighted by atomic mass is 10.0. The number of hydrogen-bond acceptors (Lipinski definition) is 6. The molecule has 0 aliphatic carbocycles. The summed E-state index contributed by atoms with van der Waals surface area (Å²) in [6.45, 7) is 4.93. The molecule has 3 aromatic rings. The van der Waals surface area contributed by atoms with Crippen molar-refractivity contribution in [1.29, 1.82) is 0 Å². The third kappa shape index (κ3) is 4.14. The average Bonchev–Trinajstić information content (AvgIpc) is 3.08. The fourth-order valence-electron chi connectivity index (χ4n) is 3.67. The molecule has 3 heterocycles. The number of benzene rings is 1. The maximum Gasteiger partial charge on any atom is 0.230 e. The van der Waals surface area contributed by atoms with Crippen LogP contribution in [0.5, 0.6) is 0 Å². The molecule has 0 radical (unpaired) electrons. The first kappa shape index (κ1) is 19.5. The van der Waals surface area contributed by atoms with Gasteiger partial charge in [0.2, 0.25) is 5.91 Å². The van der Waals surface area contributed by atoms with Crippen LogP contribution in [0.1, 0.15) is 26.2 Å². The van der Waals surface area contributed by atoms with Crippen LogP contribution in [0.4, 0.5) is 4.39 Å². The summed E-state index contributed by atoms with van der Waals surface area (Å²) in [7, 11) is 0. The molecule has 1 saturated heterocycles. The summed E-state index contributed by atoms with van der Waals surface area (Å²) in [4.78, 5) is 23.3. The number of fused-ring (bicyclic) bond motifs is 3. The van der Waals surface area contributed by atoms with Crippen LogP contribution in [-0.4, -0.2) is 52.2 Å². The number of nitrogens with one attached hydrogen (secondary N) is 1. The zero-order valence-corrected chi connectivity index (χ0v) is 17.4. The normalized spacial score (nSPS) is 18.0. The summed E-state index contributed by atoms with van der Waals surface area (Å²) in [5.41, 5.74) is 0.620.